The molecule has 0 bridgehead atoms. The summed E-state index contributed by atoms with van der Waals surface area (Å²) in [5, 5.41) is 3.21. The van der Waals surface area contributed by atoms with E-state index in [1.165, 1.54) is 37.3 Å². The topological polar surface area (TPSA) is 105 Å². The van der Waals surface area contributed by atoms with Crippen molar-refractivity contribution in [2.75, 3.05) is 25.1 Å². The van der Waals surface area contributed by atoms with Crippen LogP contribution in [0.25, 0.3) is 0 Å². The SMILES string of the molecule is COc1ccc(OC)c(N(CC(=O)N(Cc2cccc(C)c2)[C@@H](Cc2ccccc2)C(=O)NC2CCCC2)S(=O)(=O)c2ccc(C)cc2)c1. The van der Waals surface area contributed by atoms with Crippen LogP contribution in [0.4, 0.5) is 5.69 Å². The van der Waals surface area contributed by atoms with Crippen LogP contribution in [0.5, 0.6) is 11.5 Å². The van der Waals surface area contributed by atoms with Gasteiger partial charge >= 0.3 is 0 Å². The van der Waals surface area contributed by atoms with E-state index >= 15 is 0 Å². The second kappa shape index (κ2) is 16.0. The lowest BCUT2D eigenvalue weighted by Crippen LogP contribution is -2.54. The number of carbonyl (C=O) groups excluding carboxylic acids is 2. The van der Waals surface area contributed by atoms with Gasteiger partial charge in [-0.05, 0) is 62.1 Å². The van der Waals surface area contributed by atoms with Crippen LogP contribution in [0.3, 0.4) is 0 Å². The van der Waals surface area contributed by atoms with Crippen molar-refractivity contribution in [3.05, 3.63) is 119 Å². The summed E-state index contributed by atoms with van der Waals surface area (Å²) in [6.45, 7) is 3.35. The zero-order valence-corrected chi connectivity index (χ0v) is 29.4. The molecule has 0 aliphatic heterocycles. The third-order valence-corrected chi connectivity index (χ3v) is 10.7. The minimum absolute atomic E-state index is 0.0146. The monoisotopic (exact) mass is 683 g/mol. The zero-order valence-electron chi connectivity index (χ0n) is 28.6. The number of ether oxygens (including phenoxy) is 2. The average molecular weight is 684 g/mol. The molecule has 9 nitrogen and oxygen atoms in total. The number of nitrogens with zero attached hydrogens (tertiary/aromatic N) is 2. The molecule has 0 spiro atoms. The van der Waals surface area contributed by atoms with Crippen molar-refractivity contribution in [2.45, 2.75) is 69.5 Å². The number of sulfonamides is 1. The van der Waals surface area contributed by atoms with Gasteiger partial charge in [0.05, 0.1) is 24.8 Å². The predicted octanol–water partition coefficient (Wildman–Crippen LogP) is 6.21. The van der Waals surface area contributed by atoms with Crippen molar-refractivity contribution in [1.29, 1.82) is 0 Å². The molecule has 4 aromatic carbocycles. The van der Waals surface area contributed by atoms with Crippen LogP contribution in [-0.2, 0) is 32.6 Å². The Morgan fingerprint density at radius 2 is 1.51 bits per heavy atom. The molecule has 0 radical (unpaired) electrons. The molecule has 1 saturated carbocycles. The fraction of sp³-hybridized carbons (Fsp3) is 0.333. The van der Waals surface area contributed by atoms with Gasteiger partial charge in [0.1, 0.15) is 24.1 Å². The summed E-state index contributed by atoms with van der Waals surface area (Å²) in [7, 11) is -1.39. The van der Waals surface area contributed by atoms with E-state index in [1.54, 1.807) is 24.3 Å². The fourth-order valence-electron chi connectivity index (χ4n) is 6.27. The Balaban J connectivity index is 1.62. The standard InChI is InChI=1S/C39H45N3O6S/c1-28-17-20-34(21-18-28)49(45,46)42(35-25-33(47-3)19-22-37(35)48-4)27-38(43)41(26-31-14-10-11-29(2)23-31)36(24-30-12-6-5-7-13-30)39(44)40-32-15-8-9-16-32/h5-7,10-14,17-23,25,32,36H,8-9,15-16,24,26-27H2,1-4H3,(H,40,44)/t36-/m0/s1. The Kier molecular flexibility index (Phi) is 11.6. The quantitative estimate of drug-likeness (QED) is 0.169. The Bertz CT molecular complexity index is 1840. The molecule has 1 N–H and O–H groups in total. The number of aryl methyl sites for hydroxylation is 2. The number of nitrogens with one attached hydrogen (secondary N) is 1. The lowest BCUT2D eigenvalue weighted by atomic mass is 10.0. The van der Waals surface area contributed by atoms with E-state index in [4.69, 9.17) is 9.47 Å². The van der Waals surface area contributed by atoms with Crippen molar-refractivity contribution in [3.8, 4) is 11.5 Å². The van der Waals surface area contributed by atoms with Crippen LogP contribution in [0.1, 0.15) is 47.9 Å². The largest absolute Gasteiger partial charge is 0.497 e. The van der Waals surface area contributed by atoms with Gasteiger partial charge in [0.2, 0.25) is 11.8 Å². The minimum atomic E-state index is -4.31. The van der Waals surface area contributed by atoms with Crippen molar-refractivity contribution >= 4 is 27.5 Å². The predicted molar refractivity (Wildman–Crippen MR) is 191 cm³/mol. The van der Waals surface area contributed by atoms with Crippen molar-refractivity contribution in [3.63, 3.8) is 0 Å². The number of amides is 2. The van der Waals surface area contributed by atoms with Gasteiger partial charge in [0.25, 0.3) is 10.0 Å². The summed E-state index contributed by atoms with van der Waals surface area (Å²) in [5.74, 6) is -0.163. The molecule has 258 valence electrons. The van der Waals surface area contributed by atoms with E-state index in [2.05, 4.69) is 5.32 Å². The van der Waals surface area contributed by atoms with Crippen LogP contribution >= 0.6 is 0 Å². The first kappa shape index (κ1) is 35.5. The third-order valence-electron chi connectivity index (χ3n) is 8.95. The number of rotatable bonds is 14. The van der Waals surface area contributed by atoms with Crippen LogP contribution in [0.15, 0.2) is 102 Å². The molecule has 1 aliphatic rings. The molecule has 5 rings (SSSR count). The average Bonchev–Trinajstić information content (AvgIpc) is 3.62. The number of benzene rings is 4. The van der Waals surface area contributed by atoms with Gasteiger partial charge in [-0.15, -0.1) is 0 Å². The summed E-state index contributed by atoms with van der Waals surface area (Å²) < 4.78 is 41.1. The molecule has 1 aliphatic carbocycles. The Morgan fingerprint density at radius 3 is 2.16 bits per heavy atom. The number of hydrogen-bond acceptors (Lipinski definition) is 6. The molecule has 1 atom stereocenters. The maximum absolute atomic E-state index is 14.8. The van der Waals surface area contributed by atoms with Crippen LogP contribution in [0.2, 0.25) is 0 Å². The highest BCUT2D eigenvalue weighted by Crippen LogP contribution is 2.36. The molecular weight excluding hydrogens is 639 g/mol. The molecule has 4 aromatic rings. The number of anilines is 1. The molecular formula is C39H45N3O6S. The summed E-state index contributed by atoms with van der Waals surface area (Å²) in [4.78, 5) is 30.6. The normalized spacial score (nSPS) is 13.8. The van der Waals surface area contributed by atoms with E-state index in [0.29, 0.717) is 5.75 Å². The van der Waals surface area contributed by atoms with Gasteiger partial charge in [-0.2, -0.15) is 0 Å². The van der Waals surface area contributed by atoms with E-state index < -0.39 is 28.5 Å². The number of methoxy groups -OCH3 is 2. The van der Waals surface area contributed by atoms with Crippen LogP contribution in [0, 0.1) is 13.8 Å². The van der Waals surface area contributed by atoms with Crippen LogP contribution in [-0.4, -0.2) is 58.0 Å². The molecule has 49 heavy (non-hydrogen) atoms. The minimum Gasteiger partial charge on any atom is -0.497 e. The Labute approximate surface area is 289 Å². The molecule has 0 heterocycles. The highest BCUT2D eigenvalue weighted by atomic mass is 32.2. The Hall–Kier alpha value is -4.83. The van der Waals surface area contributed by atoms with Gasteiger partial charge < -0.3 is 19.7 Å². The van der Waals surface area contributed by atoms with Gasteiger partial charge in [0, 0.05) is 25.1 Å². The summed E-state index contributed by atoms with van der Waals surface area (Å²) in [5.41, 5.74) is 3.74. The second-order valence-corrected chi connectivity index (χ2v) is 14.4. The van der Waals surface area contributed by atoms with Gasteiger partial charge in [0.15, 0.2) is 0 Å². The first-order valence-electron chi connectivity index (χ1n) is 16.6. The maximum atomic E-state index is 14.8. The molecule has 1 fully saturated rings. The van der Waals surface area contributed by atoms with Crippen molar-refractivity contribution < 1.29 is 27.5 Å². The third kappa shape index (κ3) is 8.80. The van der Waals surface area contributed by atoms with Gasteiger partial charge in [-0.1, -0.05) is 90.7 Å². The smallest absolute Gasteiger partial charge is 0.264 e. The highest BCUT2D eigenvalue weighted by molar-refractivity contribution is 7.92. The summed E-state index contributed by atoms with van der Waals surface area (Å²) >= 11 is 0. The van der Waals surface area contributed by atoms with E-state index in [0.717, 1.165) is 52.2 Å². The van der Waals surface area contributed by atoms with Crippen molar-refractivity contribution in [2.24, 2.45) is 0 Å². The van der Waals surface area contributed by atoms with Gasteiger partial charge in [-0.25, -0.2) is 8.42 Å². The summed E-state index contributed by atoms with van der Waals surface area (Å²) in [6, 6.07) is 27.7. The lowest BCUT2D eigenvalue weighted by molar-refractivity contribution is -0.140. The fourth-order valence-corrected chi connectivity index (χ4v) is 7.69. The first-order valence-corrected chi connectivity index (χ1v) is 18.0. The number of hydrogen-bond donors (Lipinski definition) is 1. The van der Waals surface area contributed by atoms with E-state index in [9.17, 15) is 18.0 Å². The molecule has 0 aromatic heterocycles. The molecule has 0 unspecified atom stereocenters. The van der Waals surface area contributed by atoms with Crippen molar-refractivity contribution in [1.82, 2.24) is 10.2 Å². The van der Waals surface area contributed by atoms with Gasteiger partial charge in [-0.3, -0.25) is 13.9 Å². The molecule has 2 amide bonds. The van der Waals surface area contributed by atoms with E-state index in [1.807, 2.05) is 68.4 Å². The summed E-state index contributed by atoms with van der Waals surface area (Å²) in [6.07, 6.45) is 4.09. The number of carbonyl (C=O) groups is 2. The van der Waals surface area contributed by atoms with E-state index in [-0.39, 0.29) is 41.2 Å². The second-order valence-electron chi connectivity index (χ2n) is 12.6. The molecule has 0 saturated heterocycles. The molecule has 10 heteroatoms. The zero-order chi connectivity index (χ0) is 35.0. The first-order chi connectivity index (χ1) is 23.6. The Morgan fingerprint density at radius 1 is 0.816 bits per heavy atom. The lowest BCUT2D eigenvalue weighted by Gasteiger charge is -2.34. The maximum Gasteiger partial charge on any atom is 0.264 e. The highest BCUT2D eigenvalue weighted by Gasteiger charge is 2.36. The van der Waals surface area contributed by atoms with Crippen LogP contribution < -0.4 is 19.1 Å².